The van der Waals surface area contributed by atoms with Crippen LogP contribution in [0.2, 0.25) is 0 Å². The lowest BCUT2D eigenvalue weighted by Crippen LogP contribution is -2.41. The van der Waals surface area contributed by atoms with Gasteiger partial charge in [0, 0.05) is 19.7 Å². The highest BCUT2D eigenvalue weighted by atomic mass is 127. The number of nitrogens with one attached hydrogen (secondary N) is 2. The summed E-state index contributed by atoms with van der Waals surface area (Å²) in [6.45, 7) is 3.20. The van der Waals surface area contributed by atoms with Crippen molar-refractivity contribution >= 4 is 29.9 Å². The van der Waals surface area contributed by atoms with E-state index in [4.69, 9.17) is 18.9 Å². The van der Waals surface area contributed by atoms with Crippen LogP contribution >= 0.6 is 24.0 Å². The van der Waals surface area contributed by atoms with Crippen molar-refractivity contribution in [2.45, 2.75) is 19.6 Å². The summed E-state index contributed by atoms with van der Waals surface area (Å²) >= 11 is 0. The van der Waals surface area contributed by atoms with Crippen LogP contribution in [0.4, 0.5) is 0 Å². The number of hydrogen-bond acceptors (Lipinski definition) is 5. The average Bonchev–Trinajstić information content (AvgIpc) is 2.73. The topological polar surface area (TPSA) is 73.3 Å². The zero-order valence-corrected chi connectivity index (χ0v) is 19.9. The molecule has 2 aromatic carbocycles. The summed E-state index contributed by atoms with van der Waals surface area (Å²) in [5.74, 6) is 3.63. The molecule has 0 heterocycles. The fraction of sp³-hybridized carbons (Fsp3) is 0.381. The molecule has 0 aliphatic rings. The van der Waals surface area contributed by atoms with E-state index in [1.807, 2.05) is 49.4 Å². The first-order valence-corrected chi connectivity index (χ1v) is 9.05. The molecule has 0 aliphatic carbocycles. The third-order valence-electron chi connectivity index (χ3n) is 4.07. The maximum absolute atomic E-state index is 5.91. The quantitative estimate of drug-likeness (QED) is 0.303. The molecule has 0 aromatic heterocycles. The largest absolute Gasteiger partial charge is 0.497 e. The van der Waals surface area contributed by atoms with Gasteiger partial charge in [-0.05, 0) is 36.8 Å². The molecule has 0 aliphatic heterocycles. The molecule has 8 heteroatoms. The van der Waals surface area contributed by atoms with Crippen molar-refractivity contribution in [2.75, 3.05) is 34.9 Å². The first-order valence-electron chi connectivity index (χ1n) is 9.05. The minimum absolute atomic E-state index is 0. The highest BCUT2D eigenvalue weighted by molar-refractivity contribution is 14.0. The second kappa shape index (κ2) is 13.0. The summed E-state index contributed by atoms with van der Waals surface area (Å²) in [5, 5.41) is 6.55. The van der Waals surface area contributed by atoms with Gasteiger partial charge < -0.3 is 29.6 Å². The van der Waals surface area contributed by atoms with Gasteiger partial charge in [0.2, 0.25) is 0 Å². The highest BCUT2D eigenvalue weighted by Gasteiger charge is 2.08. The van der Waals surface area contributed by atoms with E-state index in [9.17, 15) is 0 Å². The van der Waals surface area contributed by atoms with Gasteiger partial charge in [-0.2, -0.15) is 0 Å². The zero-order chi connectivity index (χ0) is 20.4. The highest BCUT2D eigenvalue weighted by Crippen LogP contribution is 2.27. The maximum atomic E-state index is 5.91. The lowest BCUT2D eigenvalue weighted by molar-refractivity contribution is 0.223. The van der Waals surface area contributed by atoms with Crippen LogP contribution in [0.15, 0.2) is 47.5 Å². The van der Waals surface area contributed by atoms with Gasteiger partial charge in [0.15, 0.2) is 17.5 Å². The Kier molecular flexibility index (Phi) is 11.0. The molecule has 29 heavy (non-hydrogen) atoms. The summed E-state index contributed by atoms with van der Waals surface area (Å²) in [6.07, 6.45) is -0.0493. The van der Waals surface area contributed by atoms with Gasteiger partial charge in [0.25, 0.3) is 0 Å². The molecule has 2 aromatic rings. The van der Waals surface area contributed by atoms with E-state index < -0.39 is 0 Å². The summed E-state index contributed by atoms with van der Waals surface area (Å²) in [6, 6.07) is 13.4. The van der Waals surface area contributed by atoms with E-state index in [2.05, 4.69) is 15.6 Å². The minimum atomic E-state index is -0.0493. The van der Waals surface area contributed by atoms with Gasteiger partial charge in [-0.15, -0.1) is 24.0 Å². The first kappa shape index (κ1) is 24.7. The first-order chi connectivity index (χ1) is 13.6. The molecule has 2 N–H and O–H groups in total. The minimum Gasteiger partial charge on any atom is -0.497 e. The molecular weight excluding hydrogens is 485 g/mol. The SMILES string of the molecule is CN=C(NCc1ccc(OC)c(OC)c1)NCC(C)Oc1cccc(OC)c1.I. The molecule has 1 unspecified atom stereocenters. The molecule has 7 nitrogen and oxygen atoms in total. The van der Waals surface area contributed by atoms with Crippen LogP contribution in [0.1, 0.15) is 12.5 Å². The summed E-state index contributed by atoms with van der Waals surface area (Å²) in [7, 11) is 6.62. The maximum Gasteiger partial charge on any atom is 0.191 e. The van der Waals surface area contributed by atoms with Gasteiger partial charge in [-0.25, -0.2) is 0 Å². The van der Waals surface area contributed by atoms with Crippen LogP contribution in [0.3, 0.4) is 0 Å². The zero-order valence-electron chi connectivity index (χ0n) is 17.5. The lowest BCUT2D eigenvalue weighted by Gasteiger charge is -2.18. The van der Waals surface area contributed by atoms with Gasteiger partial charge in [-0.1, -0.05) is 12.1 Å². The molecule has 0 fully saturated rings. The predicted molar refractivity (Wildman–Crippen MR) is 126 cm³/mol. The summed E-state index contributed by atoms with van der Waals surface area (Å²) in [4.78, 5) is 4.25. The van der Waals surface area contributed by atoms with Gasteiger partial charge >= 0.3 is 0 Å². The third-order valence-corrected chi connectivity index (χ3v) is 4.07. The fourth-order valence-electron chi connectivity index (χ4n) is 2.59. The number of rotatable bonds is 9. The van der Waals surface area contributed by atoms with Crippen LogP contribution in [0.5, 0.6) is 23.0 Å². The van der Waals surface area contributed by atoms with Gasteiger partial charge in [-0.3, -0.25) is 4.99 Å². The van der Waals surface area contributed by atoms with E-state index in [0.717, 1.165) is 17.1 Å². The second-order valence-corrected chi connectivity index (χ2v) is 6.10. The fourth-order valence-corrected chi connectivity index (χ4v) is 2.59. The van der Waals surface area contributed by atoms with Gasteiger partial charge in [0.05, 0.1) is 27.9 Å². The molecule has 0 saturated heterocycles. The molecule has 0 spiro atoms. The molecule has 160 valence electrons. The number of hydrogen-bond donors (Lipinski definition) is 2. The van der Waals surface area contributed by atoms with Crippen LogP contribution in [0, 0.1) is 0 Å². The number of guanidine groups is 1. The Morgan fingerprint density at radius 3 is 2.31 bits per heavy atom. The van der Waals surface area contributed by atoms with Crippen LogP contribution < -0.4 is 29.6 Å². The number of ether oxygens (including phenoxy) is 4. The van der Waals surface area contributed by atoms with Crippen LogP contribution in [-0.4, -0.2) is 47.0 Å². The Bertz CT molecular complexity index is 786. The van der Waals surface area contributed by atoms with Crippen LogP contribution in [-0.2, 0) is 6.54 Å². The molecule has 0 amide bonds. The second-order valence-electron chi connectivity index (χ2n) is 6.10. The molecule has 0 saturated carbocycles. The molecule has 2 rings (SSSR count). The van der Waals surface area contributed by atoms with E-state index >= 15 is 0 Å². The van der Waals surface area contributed by atoms with E-state index in [0.29, 0.717) is 30.5 Å². The van der Waals surface area contributed by atoms with Crippen molar-refractivity contribution in [1.82, 2.24) is 10.6 Å². The number of methoxy groups -OCH3 is 3. The smallest absolute Gasteiger partial charge is 0.191 e. The molecular formula is C21H30IN3O4. The standard InChI is InChI=1S/C21H29N3O4.HI/c1-15(28-18-8-6-7-17(12-18)25-3)13-23-21(22-2)24-14-16-9-10-19(26-4)20(11-16)27-5;/h6-12,15H,13-14H2,1-5H3,(H2,22,23,24);1H. The Hall–Kier alpha value is -2.36. The Labute approximate surface area is 189 Å². The average molecular weight is 515 g/mol. The third kappa shape index (κ3) is 7.88. The van der Waals surface area contributed by atoms with Crippen molar-refractivity contribution < 1.29 is 18.9 Å². The van der Waals surface area contributed by atoms with Crippen LogP contribution in [0.25, 0.3) is 0 Å². The van der Waals surface area contributed by atoms with Gasteiger partial charge in [0.1, 0.15) is 17.6 Å². The molecule has 0 bridgehead atoms. The summed E-state index contributed by atoms with van der Waals surface area (Å²) in [5.41, 5.74) is 1.06. The summed E-state index contributed by atoms with van der Waals surface area (Å²) < 4.78 is 21.7. The van der Waals surface area contributed by atoms with E-state index in [-0.39, 0.29) is 30.1 Å². The Morgan fingerprint density at radius 1 is 0.931 bits per heavy atom. The van der Waals surface area contributed by atoms with Crippen molar-refractivity contribution in [1.29, 1.82) is 0 Å². The van der Waals surface area contributed by atoms with E-state index in [1.54, 1.807) is 28.4 Å². The monoisotopic (exact) mass is 515 g/mol. The van der Waals surface area contributed by atoms with Crippen molar-refractivity contribution in [3.05, 3.63) is 48.0 Å². The lowest BCUT2D eigenvalue weighted by atomic mass is 10.2. The van der Waals surface area contributed by atoms with E-state index in [1.165, 1.54) is 0 Å². The normalized spacial score (nSPS) is 11.7. The molecule has 0 radical (unpaired) electrons. The van der Waals surface area contributed by atoms with Crippen molar-refractivity contribution in [3.63, 3.8) is 0 Å². The Morgan fingerprint density at radius 2 is 1.66 bits per heavy atom. The Balaban J connectivity index is 0.00000420. The predicted octanol–water partition coefficient (Wildman–Crippen LogP) is 3.46. The number of aliphatic imine (C=N–C) groups is 1. The van der Waals surface area contributed by atoms with Crippen molar-refractivity contribution in [3.8, 4) is 23.0 Å². The van der Waals surface area contributed by atoms with Crippen molar-refractivity contribution in [2.24, 2.45) is 4.99 Å². The molecule has 1 atom stereocenters. The number of nitrogens with zero attached hydrogens (tertiary/aromatic N) is 1. The number of halogens is 1. The number of benzene rings is 2.